The Kier molecular flexibility index (Phi) is 4.90. The summed E-state index contributed by atoms with van der Waals surface area (Å²) >= 11 is 5.53. The summed E-state index contributed by atoms with van der Waals surface area (Å²) in [6, 6.07) is 9.26. The zero-order chi connectivity index (χ0) is 14.4. The van der Waals surface area contributed by atoms with Crippen molar-refractivity contribution >= 4 is 34.7 Å². The SMILES string of the molecule is Cc1cc(Nc2cccc(NC(=O)CCCl)c2)ncn1. The lowest BCUT2D eigenvalue weighted by Gasteiger charge is -2.09. The normalized spacial score (nSPS) is 10.1. The molecule has 1 amide bonds. The molecule has 1 heterocycles. The van der Waals surface area contributed by atoms with Crippen LogP contribution in [-0.4, -0.2) is 21.8 Å². The molecule has 0 saturated carbocycles. The fraction of sp³-hybridized carbons (Fsp3) is 0.214. The van der Waals surface area contributed by atoms with E-state index in [4.69, 9.17) is 11.6 Å². The predicted molar refractivity (Wildman–Crippen MR) is 80.5 cm³/mol. The quantitative estimate of drug-likeness (QED) is 0.831. The minimum Gasteiger partial charge on any atom is -0.340 e. The minimum atomic E-state index is -0.102. The summed E-state index contributed by atoms with van der Waals surface area (Å²) in [5.74, 6) is 0.918. The molecule has 0 fully saturated rings. The Morgan fingerprint density at radius 3 is 2.80 bits per heavy atom. The van der Waals surface area contributed by atoms with E-state index in [9.17, 15) is 4.79 Å². The number of hydrogen-bond acceptors (Lipinski definition) is 4. The van der Waals surface area contributed by atoms with Gasteiger partial charge in [-0.1, -0.05) is 6.07 Å². The Morgan fingerprint density at radius 2 is 2.05 bits per heavy atom. The number of nitrogens with zero attached hydrogens (tertiary/aromatic N) is 2. The highest BCUT2D eigenvalue weighted by Crippen LogP contribution is 2.19. The highest BCUT2D eigenvalue weighted by Gasteiger charge is 2.03. The number of amides is 1. The number of nitrogens with one attached hydrogen (secondary N) is 2. The van der Waals surface area contributed by atoms with Gasteiger partial charge in [-0.25, -0.2) is 9.97 Å². The number of anilines is 3. The van der Waals surface area contributed by atoms with Gasteiger partial charge in [-0.05, 0) is 25.1 Å². The zero-order valence-corrected chi connectivity index (χ0v) is 11.8. The summed E-state index contributed by atoms with van der Waals surface area (Å²) in [5, 5.41) is 5.95. The van der Waals surface area contributed by atoms with Gasteiger partial charge in [-0.15, -0.1) is 11.6 Å². The van der Waals surface area contributed by atoms with Crippen molar-refractivity contribution in [3.05, 3.63) is 42.4 Å². The number of rotatable bonds is 5. The van der Waals surface area contributed by atoms with Crippen LogP contribution >= 0.6 is 11.6 Å². The molecule has 0 aliphatic rings. The van der Waals surface area contributed by atoms with Crippen molar-refractivity contribution in [2.75, 3.05) is 16.5 Å². The van der Waals surface area contributed by atoms with E-state index >= 15 is 0 Å². The number of aryl methyl sites for hydroxylation is 1. The first-order chi connectivity index (χ1) is 9.67. The van der Waals surface area contributed by atoms with Crippen LogP contribution in [0.1, 0.15) is 12.1 Å². The average molecular weight is 291 g/mol. The van der Waals surface area contributed by atoms with E-state index in [0.717, 1.165) is 17.1 Å². The molecule has 0 unspecified atom stereocenters. The minimum absolute atomic E-state index is 0.102. The Bertz CT molecular complexity index is 603. The largest absolute Gasteiger partial charge is 0.340 e. The summed E-state index contributed by atoms with van der Waals surface area (Å²) in [6.45, 7) is 1.90. The number of alkyl halides is 1. The molecule has 1 aromatic carbocycles. The van der Waals surface area contributed by atoms with E-state index in [1.54, 1.807) is 0 Å². The lowest BCUT2D eigenvalue weighted by atomic mass is 10.2. The van der Waals surface area contributed by atoms with Gasteiger partial charge in [0.1, 0.15) is 12.1 Å². The second-order valence-electron chi connectivity index (χ2n) is 4.24. The van der Waals surface area contributed by atoms with Crippen LogP contribution in [0.4, 0.5) is 17.2 Å². The average Bonchev–Trinajstić information content (AvgIpc) is 2.39. The highest BCUT2D eigenvalue weighted by atomic mass is 35.5. The van der Waals surface area contributed by atoms with Gasteiger partial charge in [0.05, 0.1) is 0 Å². The second kappa shape index (κ2) is 6.86. The second-order valence-corrected chi connectivity index (χ2v) is 4.62. The van der Waals surface area contributed by atoms with Crippen LogP contribution in [0.2, 0.25) is 0 Å². The predicted octanol–water partition coefficient (Wildman–Crippen LogP) is 3.10. The van der Waals surface area contributed by atoms with Crippen molar-refractivity contribution in [3.8, 4) is 0 Å². The molecule has 2 rings (SSSR count). The first-order valence-electron chi connectivity index (χ1n) is 6.19. The smallest absolute Gasteiger partial charge is 0.225 e. The molecule has 0 spiro atoms. The molecule has 20 heavy (non-hydrogen) atoms. The van der Waals surface area contributed by atoms with Gasteiger partial charge in [0.25, 0.3) is 0 Å². The fourth-order valence-electron chi connectivity index (χ4n) is 1.65. The molecular formula is C14H15ClN4O. The van der Waals surface area contributed by atoms with E-state index in [-0.39, 0.29) is 5.91 Å². The van der Waals surface area contributed by atoms with Crippen LogP contribution in [0.5, 0.6) is 0 Å². The lowest BCUT2D eigenvalue weighted by Crippen LogP contribution is -2.11. The van der Waals surface area contributed by atoms with Crippen molar-refractivity contribution in [2.24, 2.45) is 0 Å². The number of aromatic nitrogens is 2. The van der Waals surface area contributed by atoms with E-state index in [0.29, 0.717) is 18.1 Å². The van der Waals surface area contributed by atoms with Crippen LogP contribution < -0.4 is 10.6 Å². The maximum absolute atomic E-state index is 11.5. The molecule has 2 N–H and O–H groups in total. The summed E-state index contributed by atoms with van der Waals surface area (Å²) < 4.78 is 0. The maximum Gasteiger partial charge on any atom is 0.225 e. The van der Waals surface area contributed by atoms with Gasteiger partial charge in [-0.2, -0.15) is 0 Å². The van der Waals surface area contributed by atoms with Gasteiger partial charge < -0.3 is 10.6 Å². The van der Waals surface area contributed by atoms with E-state index < -0.39 is 0 Å². The molecule has 1 aromatic heterocycles. The number of carbonyl (C=O) groups is 1. The number of benzene rings is 1. The molecule has 0 bridgehead atoms. The number of carbonyl (C=O) groups excluding carboxylic acids is 1. The first kappa shape index (κ1) is 14.3. The molecule has 2 aromatic rings. The van der Waals surface area contributed by atoms with E-state index in [1.165, 1.54) is 6.33 Å². The summed E-state index contributed by atoms with van der Waals surface area (Å²) in [5.41, 5.74) is 2.44. The molecule has 5 nitrogen and oxygen atoms in total. The van der Waals surface area contributed by atoms with Crippen molar-refractivity contribution in [1.29, 1.82) is 0 Å². The topological polar surface area (TPSA) is 66.9 Å². The molecule has 0 saturated heterocycles. The third kappa shape index (κ3) is 4.20. The molecule has 0 radical (unpaired) electrons. The molecule has 0 atom stereocenters. The van der Waals surface area contributed by atoms with Crippen LogP contribution in [0, 0.1) is 6.92 Å². The molecule has 104 valence electrons. The third-order valence-electron chi connectivity index (χ3n) is 2.54. The molecular weight excluding hydrogens is 276 g/mol. The maximum atomic E-state index is 11.5. The van der Waals surface area contributed by atoms with Crippen molar-refractivity contribution in [1.82, 2.24) is 9.97 Å². The van der Waals surface area contributed by atoms with Crippen LogP contribution in [0.15, 0.2) is 36.7 Å². The monoisotopic (exact) mass is 290 g/mol. The van der Waals surface area contributed by atoms with Crippen LogP contribution in [0.25, 0.3) is 0 Å². The Balaban J connectivity index is 2.08. The number of hydrogen-bond donors (Lipinski definition) is 2. The molecule has 0 aliphatic heterocycles. The Morgan fingerprint density at radius 1 is 1.25 bits per heavy atom. The third-order valence-corrected chi connectivity index (χ3v) is 2.73. The fourth-order valence-corrected chi connectivity index (χ4v) is 1.83. The van der Waals surface area contributed by atoms with Crippen LogP contribution in [-0.2, 0) is 4.79 Å². The molecule has 6 heteroatoms. The van der Waals surface area contributed by atoms with Crippen molar-refractivity contribution in [3.63, 3.8) is 0 Å². The van der Waals surface area contributed by atoms with Gasteiger partial charge in [0, 0.05) is 35.4 Å². The first-order valence-corrected chi connectivity index (χ1v) is 6.72. The van der Waals surface area contributed by atoms with Crippen LogP contribution in [0.3, 0.4) is 0 Å². The van der Waals surface area contributed by atoms with Gasteiger partial charge in [0.2, 0.25) is 5.91 Å². The molecule has 0 aliphatic carbocycles. The van der Waals surface area contributed by atoms with Crippen molar-refractivity contribution < 1.29 is 4.79 Å². The number of halogens is 1. The standard InChI is InChI=1S/C14H15ClN4O/c1-10-7-13(17-9-16-10)18-11-3-2-4-12(8-11)19-14(20)5-6-15/h2-4,7-9H,5-6H2,1H3,(H,19,20)(H,16,17,18). The summed E-state index contributed by atoms with van der Waals surface area (Å²) in [4.78, 5) is 19.7. The van der Waals surface area contributed by atoms with Gasteiger partial charge in [0.15, 0.2) is 0 Å². The van der Waals surface area contributed by atoms with Gasteiger partial charge >= 0.3 is 0 Å². The van der Waals surface area contributed by atoms with Gasteiger partial charge in [-0.3, -0.25) is 4.79 Å². The Labute approximate surface area is 122 Å². The highest BCUT2D eigenvalue weighted by molar-refractivity contribution is 6.19. The lowest BCUT2D eigenvalue weighted by molar-refractivity contribution is -0.115. The Hall–Kier alpha value is -2.14. The summed E-state index contributed by atoms with van der Waals surface area (Å²) in [7, 11) is 0. The van der Waals surface area contributed by atoms with Crippen molar-refractivity contribution in [2.45, 2.75) is 13.3 Å². The van der Waals surface area contributed by atoms with E-state index in [2.05, 4.69) is 20.6 Å². The zero-order valence-electron chi connectivity index (χ0n) is 11.1. The summed E-state index contributed by atoms with van der Waals surface area (Å²) in [6.07, 6.45) is 1.80. The van der Waals surface area contributed by atoms with E-state index in [1.807, 2.05) is 37.3 Å².